The van der Waals surface area contributed by atoms with Gasteiger partial charge in [-0.2, -0.15) is 5.10 Å². The zero-order chi connectivity index (χ0) is 19.2. The van der Waals surface area contributed by atoms with E-state index in [0.717, 1.165) is 16.3 Å². The molecule has 1 N–H and O–H groups in total. The second-order valence-electron chi connectivity index (χ2n) is 5.66. The quantitative estimate of drug-likeness (QED) is 0.400. The van der Waals surface area contributed by atoms with Crippen molar-refractivity contribution in [2.24, 2.45) is 0 Å². The lowest BCUT2D eigenvalue weighted by atomic mass is 10.1. The molecule has 0 saturated carbocycles. The highest BCUT2D eigenvalue weighted by Crippen LogP contribution is 2.22. The van der Waals surface area contributed by atoms with Gasteiger partial charge >= 0.3 is 0 Å². The van der Waals surface area contributed by atoms with Crippen LogP contribution in [0, 0.1) is 0 Å². The third-order valence-corrected chi connectivity index (χ3v) is 4.65. The van der Waals surface area contributed by atoms with E-state index in [-0.39, 0.29) is 11.7 Å². The number of benzene rings is 1. The van der Waals surface area contributed by atoms with E-state index < -0.39 is 0 Å². The van der Waals surface area contributed by atoms with E-state index in [1.54, 1.807) is 29.2 Å². The van der Waals surface area contributed by atoms with Crippen molar-refractivity contribution in [3.63, 3.8) is 0 Å². The second kappa shape index (κ2) is 8.40. The second-order valence-corrected chi connectivity index (χ2v) is 6.65. The molecule has 0 atom stereocenters. The van der Waals surface area contributed by atoms with E-state index in [9.17, 15) is 4.79 Å². The average Bonchev–Trinajstić information content (AvgIpc) is 3.28. The van der Waals surface area contributed by atoms with E-state index in [1.807, 2.05) is 36.4 Å². The zero-order valence-electron chi connectivity index (χ0n) is 14.6. The summed E-state index contributed by atoms with van der Waals surface area (Å²) in [5.41, 5.74) is 1.82. The fourth-order valence-electron chi connectivity index (χ4n) is 2.45. The minimum absolute atomic E-state index is 0.185. The van der Waals surface area contributed by atoms with Gasteiger partial charge in [0.1, 0.15) is 23.5 Å². The van der Waals surface area contributed by atoms with Gasteiger partial charge in [-0.3, -0.25) is 4.79 Å². The van der Waals surface area contributed by atoms with Gasteiger partial charge in [0, 0.05) is 24.0 Å². The summed E-state index contributed by atoms with van der Waals surface area (Å²) in [6, 6.07) is 15.2. The summed E-state index contributed by atoms with van der Waals surface area (Å²) in [4.78, 5) is 29.0. The topological polar surface area (TPSA) is 98.5 Å². The molecule has 0 bridgehead atoms. The minimum Gasteiger partial charge on any atom is -0.310 e. The highest BCUT2D eigenvalue weighted by atomic mass is 32.2. The van der Waals surface area contributed by atoms with Crippen molar-refractivity contribution in [2.45, 2.75) is 5.03 Å². The standard InChI is InChI=1S/C19H15N7OS/c27-18(25-16-10-17(22-13-21-16)26-8-4-7-24-26)11-28-19-9-15(20-12-23-19)14-5-2-1-3-6-14/h1-10,12-13H,11H2,(H,21,22,25,27). The molecule has 0 aliphatic carbocycles. The predicted molar refractivity (Wildman–Crippen MR) is 106 cm³/mol. The van der Waals surface area contributed by atoms with Crippen LogP contribution in [0.2, 0.25) is 0 Å². The lowest BCUT2D eigenvalue weighted by Gasteiger charge is -2.06. The van der Waals surface area contributed by atoms with Crippen LogP contribution in [0.25, 0.3) is 17.1 Å². The highest BCUT2D eigenvalue weighted by molar-refractivity contribution is 7.99. The number of hydrogen-bond acceptors (Lipinski definition) is 7. The molecule has 138 valence electrons. The summed E-state index contributed by atoms with van der Waals surface area (Å²) < 4.78 is 1.60. The number of thioether (sulfide) groups is 1. The largest absolute Gasteiger partial charge is 0.310 e. The average molecular weight is 389 g/mol. The van der Waals surface area contributed by atoms with Gasteiger partial charge in [0.15, 0.2) is 5.82 Å². The fraction of sp³-hybridized carbons (Fsp3) is 0.0526. The Morgan fingerprint density at radius 3 is 2.68 bits per heavy atom. The Labute approximate surface area is 165 Å². The first kappa shape index (κ1) is 17.8. The lowest BCUT2D eigenvalue weighted by molar-refractivity contribution is -0.113. The molecule has 3 aromatic heterocycles. The smallest absolute Gasteiger partial charge is 0.235 e. The molecule has 4 rings (SSSR count). The summed E-state index contributed by atoms with van der Waals surface area (Å²) in [5.74, 6) is 1.01. The Kier molecular flexibility index (Phi) is 5.34. The van der Waals surface area contributed by atoms with Crippen molar-refractivity contribution in [1.82, 2.24) is 29.7 Å². The molecule has 0 spiro atoms. The van der Waals surface area contributed by atoms with E-state index in [4.69, 9.17) is 0 Å². The fourth-order valence-corrected chi connectivity index (χ4v) is 3.12. The predicted octanol–water partition coefficient (Wildman–Crippen LogP) is 2.85. The first-order chi connectivity index (χ1) is 13.8. The number of carbonyl (C=O) groups is 1. The van der Waals surface area contributed by atoms with Gasteiger partial charge in [-0.05, 0) is 12.1 Å². The summed E-state index contributed by atoms with van der Waals surface area (Å²) in [5, 5.41) is 7.60. The van der Waals surface area contributed by atoms with Gasteiger partial charge in [0.25, 0.3) is 0 Å². The third-order valence-electron chi connectivity index (χ3n) is 3.72. The molecule has 28 heavy (non-hydrogen) atoms. The Hall–Kier alpha value is -3.59. The van der Waals surface area contributed by atoms with Crippen LogP contribution in [0.4, 0.5) is 5.82 Å². The SMILES string of the molecule is O=C(CSc1cc(-c2ccccc2)ncn1)Nc1cc(-n2cccn2)ncn1. The Morgan fingerprint density at radius 1 is 1.00 bits per heavy atom. The Morgan fingerprint density at radius 2 is 1.86 bits per heavy atom. The zero-order valence-corrected chi connectivity index (χ0v) is 15.5. The summed E-state index contributed by atoms with van der Waals surface area (Å²) in [6.07, 6.45) is 6.31. The van der Waals surface area contributed by atoms with Gasteiger partial charge in [0.2, 0.25) is 5.91 Å². The number of carbonyl (C=O) groups excluding carboxylic acids is 1. The Bertz CT molecular complexity index is 1070. The van der Waals surface area contributed by atoms with Crippen LogP contribution in [-0.2, 0) is 4.79 Å². The molecule has 0 fully saturated rings. The van der Waals surface area contributed by atoms with Crippen molar-refractivity contribution in [1.29, 1.82) is 0 Å². The molecule has 3 heterocycles. The van der Waals surface area contributed by atoms with Crippen LogP contribution in [0.5, 0.6) is 0 Å². The molecular weight excluding hydrogens is 374 g/mol. The monoisotopic (exact) mass is 389 g/mol. The Balaban J connectivity index is 1.38. The van der Waals surface area contributed by atoms with Crippen LogP contribution in [0.15, 0.2) is 78.6 Å². The van der Waals surface area contributed by atoms with Gasteiger partial charge < -0.3 is 5.32 Å². The van der Waals surface area contributed by atoms with Crippen molar-refractivity contribution in [3.8, 4) is 17.1 Å². The summed E-state index contributed by atoms with van der Waals surface area (Å²) >= 11 is 1.33. The molecule has 0 radical (unpaired) electrons. The van der Waals surface area contributed by atoms with Gasteiger partial charge in [-0.1, -0.05) is 42.1 Å². The molecule has 0 aliphatic rings. The van der Waals surface area contributed by atoms with Gasteiger partial charge in [0.05, 0.1) is 11.4 Å². The maximum absolute atomic E-state index is 12.3. The van der Waals surface area contributed by atoms with Crippen molar-refractivity contribution in [2.75, 3.05) is 11.1 Å². The van der Waals surface area contributed by atoms with Gasteiger partial charge in [-0.25, -0.2) is 24.6 Å². The normalized spacial score (nSPS) is 10.6. The molecule has 4 aromatic rings. The van der Waals surface area contributed by atoms with Crippen LogP contribution < -0.4 is 5.32 Å². The summed E-state index contributed by atoms with van der Waals surface area (Å²) in [6.45, 7) is 0. The number of amides is 1. The number of nitrogens with zero attached hydrogens (tertiary/aromatic N) is 6. The maximum atomic E-state index is 12.3. The lowest BCUT2D eigenvalue weighted by Crippen LogP contribution is -2.15. The van der Waals surface area contributed by atoms with Crippen LogP contribution in [0.3, 0.4) is 0 Å². The number of anilines is 1. The van der Waals surface area contributed by atoms with Crippen molar-refractivity contribution in [3.05, 3.63) is 73.6 Å². The number of hydrogen-bond donors (Lipinski definition) is 1. The van der Waals surface area contributed by atoms with Crippen molar-refractivity contribution < 1.29 is 4.79 Å². The van der Waals surface area contributed by atoms with E-state index in [2.05, 4.69) is 30.4 Å². The molecular formula is C19H15N7OS. The highest BCUT2D eigenvalue weighted by Gasteiger charge is 2.08. The molecule has 8 nitrogen and oxygen atoms in total. The number of nitrogens with one attached hydrogen (secondary N) is 1. The molecule has 9 heteroatoms. The van der Waals surface area contributed by atoms with Crippen LogP contribution in [-0.4, -0.2) is 41.4 Å². The number of rotatable bonds is 6. The van der Waals surface area contributed by atoms with Gasteiger partial charge in [-0.15, -0.1) is 0 Å². The van der Waals surface area contributed by atoms with E-state index >= 15 is 0 Å². The first-order valence-corrected chi connectivity index (χ1v) is 9.39. The van der Waals surface area contributed by atoms with E-state index in [0.29, 0.717) is 11.6 Å². The first-order valence-electron chi connectivity index (χ1n) is 8.40. The van der Waals surface area contributed by atoms with E-state index in [1.165, 1.54) is 24.4 Å². The molecule has 0 unspecified atom stereocenters. The molecule has 1 aromatic carbocycles. The molecule has 0 saturated heterocycles. The summed E-state index contributed by atoms with van der Waals surface area (Å²) in [7, 11) is 0. The van der Waals surface area contributed by atoms with Crippen LogP contribution >= 0.6 is 11.8 Å². The molecule has 1 amide bonds. The third kappa shape index (κ3) is 4.38. The maximum Gasteiger partial charge on any atom is 0.235 e. The molecule has 0 aliphatic heterocycles. The number of aromatic nitrogens is 6. The van der Waals surface area contributed by atoms with Crippen LogP contribution in [0.1, 0.15) is 0 Å². The minimum atomic E-state index is -0.185. The van der Waals surface area contributed by atoms with Crippen molar-refractivity contribution >= 4 is 23.5 Å².